The quantitative estimate of drug-likeness (QED) is 0.199. The van der Waals surface area contributed by atoms with Crippen molar-refractivity contribution < 1.29 is 0 Å². The fourth-order valence-corrected chi connectivity index (χ4v) is 7.32. The molecule has 222 valence electrons. The Morgan fingerprint density at radius 3 is 1.29 bits per heavy atom. The Balaban J connectivity index is 1.27. The smallest absolute Gasteiger partial charge is 0.101 e. The van der Waals surface area contributed by atoms with Crippen LogP contribution in [-0.4, -0.2) is 9.13 Å². The molecule has 0 aliphatic carbocycles. The predicted octanol–water partition coefficient (Wildman–Crippen LogP) is 11.0. The van der Waals surface area contributed by atoms with Gasteiger partial charge >= 0.3 is 0 Å². The summed E-state index contributed by atoms with van der Waals surface area (Å²) in [6, 6.07) is 59.0. The van der Waals surface area contributed by atoms with E-state index in [1.807, 2.05) is 18.2 Å². The minimum Gasteiger partial charge on any atom is -0.309 e. The fraction of sp³-hybridized carbons (Fsp3) is 0. The first-order chi connectivity index (χ1) is 23.7. The summed E-state index contributed by atoms with van der Waals surface area (Å²) in [5.74, 6) is 0. The van der Waals surface area contributed by atoms with Crippen LogP contribution in [0.25, 0.3) is 77.2 Å². The topological polar surface area (TPSA) is 57.4 Å². The number of nitrogens with zero attached hydrogens (tertiary/aromatic N) is 4. The predicted molar refractivity (Wildman–Crippen MR) is 195 cm³/mol. The minimum atomic E-state index is 0.357. The summed E-state index contributed by atoms with van der Waals surface area (Å²) in [5, 5.41) is 25.0. The molecule has 4 heteroatoms. The van der Waals surface area contributed by atoms with Gasteiger partial charge in [0.05, 0.1) is 38.9 Å². The number of hydrogen-bond donors (Lipinski definition) is 0. The average Bonchev–Trinajstić information content (AvgIpc) is 3.67. The lowest BCUT2D eigenvalue weighted by atomic mass is 9.89. The van der Waals surface area contributed by atoms with Gasteiger partial charge < -0.3 is 9.13 Å². The molecule has 0 saturated heterocycles. The molecule has 9 rings (SSSR count). The SMILES string of the molecule is N#Cc1cc(-c2ccc(-n3c4ccccc4c4ccccc43)cc2)c(-c2ccccc2-n2c3ccccc3c3ccccc32)cc1C#N. The van der Waals surface area contributed by atoms with Gasteiger partial charge in [0.25, 0.3) is 0 Å². The summed E-state index contributed by atoms with van der Waals surface area (Å²) in [6.07, 6.45) is 0. The van der Waals surface area contributed by atoms with Crippen LogP contribution in [-0.2, 0) is 0 Å². The first-order valence-electron chi connectivity index (χ1n) is 15.9. The Kier molecular flexibility index (Phi) is 6.22. The van der Waals surface area contributed by atoms with E-state index >= 15 is 0 Å². The first-order valence-corrected chi connectivity index (χ1v) is 15.9. The third-order valence-electron chi connectivity index (χ3n) is 9.43. The molecule has 0 aliphatic heterocycles. The number of rotatable bonds is 4. The first kappa shape index (κ1) is 27.4. The zero-order chi connectivity index (χ0) is 32.2. The van der Waals surface area contributed by atoms with E-state index in [9.17, 15) is 10.5 Å². The van der Waals surface area contributed by atoms with Gasteiger partial charge in [0.15, 0.2) is 0 Å². The number of benzene rings is 7. The van der Waals surface area contributed by atoms with Crippen molar-refractivity contribution in [2.24, 2.45) is 0 Å². The van der Waals surface area contributed by atoms with Crippen LogP contribution in [0, 0.1) is 22.7 Å². The summed E-state index contributed by atoms with van der Waals surface area (Å²) in [7, 11) is 0. The van der Waals surface area contributed by atoms with Crippen LogP contribution >= 0.6 is 0 Å². The molecule has 0 fully saturated rings. The van der Waals surface area contributed by atoms with Crippen molar-refractivity contribution in [3.8, 4) is 45.8 Å². The van der Waals surface area contributed by atoms with E-state index in [-0.39, 0.29) is 0 Å². The molecule has 4 nitrogen and oxygen atoms in total. The second-order valence-electron chi connectivity index (χ2n) is 12.0. The fourth-order valence-electron chi connectivity index (χ4n) is 7.32. The molecule has 2 aromatic heterocycles. The molecular formula is C44H26N4. The number of nitriles is 2. The van der Waals surface area contributed by atoms with Gasteiger partial charge in [-0.2, -0.15) is 10.5 Å². The van der Waals surface area contributed by atoms with Crippen LogP contribution in [0.5, 0.6) is 0 Å². The number of fused-ring (bicyclic) bond motifs is 6. The third-order valence-corrected chi connectivity index (χ3v) is 9.43. The zero-order valence-electron chi connectivity index (χ0n) is 25.8. The zero-order valence-corrected chi connectivity index (χ0v) is 25.8. The van der Waals surface area contributed by atoms with Crippen molar-refractivity contribution in [2.75, 3.05) is 0 Å². The van der Waals surface area contributed by atoms with Gasteiger partial charge in [-0.05, 0) is 71.3 Å². The minimum absolute atomic E-state index is 0.357. The van der Waals surface area contributed by atoms with Crippen LogP contribution in [0.15, 0.2) is 158 Å². The molecule has 0 amide bonds. The summed E-state index contributed by atoms with van der Waals surface area (Å²) >= 11 is 0. The molecule has 0 unspecified atom stereocenters. The van der Waals surface area contributed by atoms with E-state index in [0.29, 0.717) is 11.1 Å². The Hall–Kier alpha value is -6.88. The molecule has 0 bridgehead atoms. The maximum absolute atomic E-state index is 10.1. The van der Waals surface area contributed by atoms with Gasteiger partial charge in [0.1, 0.15) is 12.1 Å². The van der Waals surface area contributed by atoms with Gasteiger partial charge in [-0.25, -0.2) is 0 Å². The number of aromatic nitrogens is 2. The molecule has 9 aromatic rings. The Labute approximate surface area is 277 Å². The van der Waals surface area contributed by atoms with Crippen LogP contribution < -0.4 is 0 Å². The lowest BCUT2D eigenvalue weighted by Crippen LogP contribution is -1.99. The van der Waals surface area contributed by atoms with Crippen molar-refractivity contribution in [3.63, 3.8) is 0 Å². The molecule has 0 spiro atoms. The number of hydrogen-bond acceptors (Lipinski definition) is 2. The molecule has 0 atom stereocenters. The van der Waals surface area contributed by atoms with Crippen molar-refractivity contribution in [1.29, 1.82) is 10.5 Å². The van der Waals surface area contributed by atoms with E-state index < -0.39 is 0 Å². The number of para-hydroxylation sites is 5. The van der Waals surface area contributed by atoms with Crippen LogP contribution in [0.2, 0.25) is 0 Å². The lowest BCUT2D eigenvalue weighted by molar-refractivity contribution is 1.18. The van der Waals surface area contributed by atoms with E-state index in [2.05, 4.69) is 161 Å². The largest absolute Gasteiger partial charge is 0.309 e. The monoisotopic (exact) mass is 610 g/mol. The average molecular weight is 611 g/mol. The molecule has 0 radical (unpaired) electrons. The Bertz CT molecular complexity index is 2690. The second-order valence-corrected chi connectivity index (χ2v) is 12.0. The van der Waals surface area contributed by atoms with Gasteiger partial charge in [0.2, 0.25) is 0 Å². The summed E-state index contributed by atoms with van der Waals surface area (Å²) < 4.78 is 4.60. The van der Waals surface area contributed by atoms with E-state index in [1.165, 1.54) is 21.5 Å². The van der Waals surface area contributed by atoms with Crippen LogP contribution in [0.1, 0.15) is 11.1 Å². The summed E-state index contributed by atoms with van der Waals surface area (Å²) in [6.45, 7) is 0. The van der Waals surface area contributed by atoms with Crippen LogP contribution in [0.3, 0.4) is 0 Å². The van der Waals surface area contributed by atoms with Crippen molar-refractivity contribution >= 4 is 43.6 Å². The maximum Gasteiger partial charge on any atom is 0.101 e. The summed E-state index contributed by atoms with van der Waals surface area (Å²) in [4.78, 5) is 0. The Morgan fingerprint density at radius 1 is 0.375 bits per heavy atom. The van der Waals surface area contributed by atoms with E-state index in [1.54, 1.807) is 0 Å². The van der Waals surface area contributed by atoms with Crippen molar-refractivity contribution in [3.05, 3.63) is 169 Å². The normalized spacial score (nSPS) is 11.3. The molecule has 48 heavy (non-hydrogen) atoms. The highest BCUT2D eigenvalue weighted by Crippen LogP contribution is 2.41. The van der Waals surface area contributed by atoms with Gasteiger partial charge in [-0.1, -0.05) is 103 Å². The van der Waals surface area contributed by atoms with Gasteiger partial charge in [-0.15, -0.1) is 0 Å². The molecule has 0 aliphatic rings. The molecule has 2 heterocycles. The van der Waals surface area contributed by atoms with Crippen molar-refractivity contribution in [2.45, 2.75) is 0 Å². The molecule has 7 aromatic carbocycles. The van der Waals surface area contributed by atoms with Crippen molar-refractivity contribution in [1.82, 2.24) is 9.13 Å². The lowest BCUT2D eigenvalue weighted by Gasteiger charge is -2.18. The van der Waals surface area contributed by atoms with Crippen LogP contribution in [0.4, 0.5) is 0 Å². The summed E-state index contributed by atoms with van der Waals surface area (Å²) in [5.41, 5.74) is 11.0. The molecule has 0 saturated carbocycles. The highest BCUT2D eigenvalue weighted by molar-refractivity contribution is 6.10. The van der Waals surface area contributed by atoms with E-state index in [4.69, 9.17) is 0 Å². The third kappa shape index (κ3) is 4.07. The van der Waals surface area contributed by atoms with Gasteiger partial charge in [-0.3, -0.25) is 0 Å². The standard InChI is InChI=1S/C44H26N4/c45-27-30-25-38(29-21-23-32(24-22-29)47-40-16-6-1-11-33(40)34-12-2-7-17-41(34)47)39(26-31(30)28-46)37-15-5-10-20-44(37)48-42-18-8-3-13-35(42)36-14-4-9-19-43(36)48/h1-26H. The molecule has 0 N–H and O–H groups in total. The maximum atomic E-state index is 10.1. The highest BCUT2D eigenvalue weighted by Gasteiger charge is 2.20. The second kappa shape index (κ2) is 10.9. The highest BCUT2D eigenvalue weighted by atomic mass is 15.0. The Morgan fingerprint density at radius 2 is 0.792 bits per heavy atom. The van der Waals surface area contributed by atoms with Gasteiger partial charge in [0, 0.05) is 32.8 Å². The van der Waals surface area contributed by atoms with E-state index in [0.717, 1.165) is 55.7 Å². The molecular weight excluding hydrogens is 585 g/mol.